The molecule has 2 N–H and O–H groups in total. The molecule has 4 atom stereocenters. The van der Waals surface area contributed by atoms with Crippen LogP contribution in [0.25, 0.3) is 0 Å². The lowest BCUT2D eigenvalue weighted by molar-refractivity contribution is -0.124. The number of nitrogens with one attached hydrogen (secondary N) is 2. The van der Waals surface area contributed by atoms with E-state index in [0.717, 1.165) is 25.7 Å². The van der Waals surface area contributed by atoms with E-state index in [1.54, 1.807) is 0 Å². The Morgan fingerprint density at radius 1 is 1.33 bits per heavy atom. The summed E-state index contributed by atoms with van der Waals surface area (Å²) in [7, 11) is 0. The normalized spacial score (nSPS) is 45.2. The van der Waals surface area contributed by atoms with Crippen LogP contribution in [0.3, 0.4) is 0 Å². The number of piperidine rings is 1. The van der Waals surface area contributed by atoms with Gasteiger partial charge in [0.1, 0.15) is 0 Å². The molecule has 3 aliphatic rings. The highest BCUT2D eigenvalue weighted by atomic mass is 35.5. The van der Waals surface area contributed by atoms with E-state index in [4.69, 9.17) is 0 Å². The lowest BCUT2D eigenvalue weighted by atomic mass is 9.98. The lowest BCUT2D eigenvalue weighted by Crippen LogP contribution is -2.48. The summed E-state index contributed by atoms with van der Waals surface area (Å²) < 4.78 is 0. The Balaban J connectivity index is 0.00000120. The number of fused-ring (bicyclic) bond motifs is 2. The Labute approximate surface area is 116 Å². The molecule has 0 aromatic rings. The van der Waals surface area contributed by atoms with Crippen molar-refractivity contribution in [3.63, 3.8) is 0 Å². The molecular weight excluding hydrogens is 248 g/mol. The first-order valence-corrected chi connectivity index (χ1v) is 7.17. The average molecular weight is 273 g/mol. The molecule has 0 radical (unpaired) electrons. The van der Waals surface area contributed by atoms with E-state index in [2.05, 4.69) is 24.5 Å². The molecule has 3 rings (SSSR count). The molecule has 2 saturated heterocycles. The Morgan fingerprint density at radius 2 is 1.94 bits per heavy atom. The van der Waals surface area contributed by atoms with Crippen LogP contribution in [0.2, 0.25) is 0 Å². The molecule has 1 aliphatic carbocycles. The van der Waals surface area contributed by atoms with Gasteiger partial charge in [-0.3, -0.25) is 4.79 Å². The molecule has 18 heavy (non-hydrogen) atoms. The molecule has 0 aromatic carbocycles. The Hall–Kier alpha value is -0.280. The summed E-state index contributed by atoms with van der Waals surface area (Å²) in [5, 5.41) is 6.91. The van der Waals surface area contributed by atoms with Crippen molar-refractivity contribution < 1.29 is 4.79 Å². The molecular formula is C14H25ClN2O. The molecule has 3 fully saturated rings. The maximum Gasteiger partial charge on any atom is 0.223 e. The van der Waals surface area contributed by atoms with Crippen LogP contribution >= 0.6 is 12.4 Å². The van der Waals surface area contributed by atoms with E-state index < -0.39 is 0 Å². The predicted octanol–water partition coefficient (Wildman–Crippen LogP) is 2.24. The van der Waals surface area contributed by atoms with Crippen LogP contribution in [0.15, 0.2) is 0 Å². The summed E-state index contributed by atoms with van der Waals surface area (Å²) in [5.41, 5.74) is 0.302. The monoisotopic (exact) mass is 272 g/mol. The lowest BCUT2D eigenvalue weighted by Gasteiger charge is -2.30. The largest absolute Gasteiger partial charge is 0.353 e. The minimum Gasteiger partial charge on any atom is -0.353 e. The first-order valence-electron chi connectivity index (χ1n) is 7.17. The highest BCUT2D eigenvalue weighted by Crippen LogP contribution is 2.54. The van der Waals surface area contributed by atoms with Gasteiger partial charge in [0.15, 0.2) is 0 Å². The molecule has 2 heterocycles. The minimum absolute atomic E-state index is 0. The molecule has 2 aliphatic heterocycles. The van der Waals surface area contributed by atoms with Crippen molar-refractivity contribution in [1.29, 1.82) is 0 Å². The maximum atomic E-state index is 12.2. The third kappa shape index (κ3) is 2.53. The summed E-state index contributed by atoms with van der Waals surface area (Å²) in [6.07, 6.45) is 7.09. The van der Waals surface area contributed by atoms with Gasteiger partial charge in [-0.1, -0.05) is 13.8 Å². The number of amides is 1. The highest BCUT2D eigenvalue weighted by molar-refractivity contribution is 5.85. The third-order valence-corrected chi connectivity index (χ3v) is 5.30. The fraction of sp³-hybridized carbons (Fsp3) is 0.929. The van der Waals surface area contributed by atoms with Crippen LogP contribution in [0.4, 0.5) is 0 Å². The second-order valence-electron chi connectivity index (χ2n) is 6.58. The zero-order valence-electron chi connectivity index (χ0n) is 11.4. The summed E-state index contributed by atoms with van der Waals surface area (Å²) in [4.78, 5) is 12.2. The van der Waals surface area contributed by atoms with E-state index in [0.29, 0.717) is 35.4 Å². The number of rotatable bonds is 3. The second kappa shape index (κ2) is 5.01. The van der Waals surface area contributed by atoms with Crippen molar-refractivity contribution in [3.05, 3.63) is 0 Å². The number of hydrogen-bond donors (Lipinski definition) is 2. The average Bonchev–Trinajstić information content (AvgIpc) is 2.89. The van der Waals surface area contributed by atoms with E-state index >= 15 is 0 Å². The summed E-state index contributed by atoms with van der Waals surface area (Å²) in [6, 6.07) is 1.76. The van der Waals surface area contributed by atoms with E-state index in [1.807, 2.05) is 0 Å². The van der Waals surface area contributed by atoms with Gasteiger partial charge in [0.25, 0.3) is 0 Å². The molecule has 104 valence electrons. The van der Waals surface area contributed by atoms with Crippen LogP contribution in [-0.2, 0) is 4.79 Å². The Bertz CT molecular complexity index is 324. The van der Waals surface area contributed by atoms with Crippen molar-refractivity contribution in [3.8, 4) is 0 Å². The molecule has 4 unspecified atom stereocenters. The van der Waals surface area contributed by atoms with Gasteiger partial charge < -0.3 is 10.6 Å². The zero-order chi connectivity index (χ0) is 12.0. The summed E-state index contributed by atoms with van der Waals surface area (Å²) >= 11 is 0. The van der Waals surface area contributed by atoms with E-state index in [9.17, 15) is 4.79 Å². The van der Waals surface area contributed by atoms with Gasteiger partial charge in [0.05, 0.1) is 0 Å². The van der Waals surface area contributed by atoms with Gasteiger partial charge in [-0.2, -0.15) is 0 Å². The van der Waals surface area contributed by atoms with Crippen molar-refractivity contribution in [2.75, 3.05) is 0 Å². The van der Waals surface area contributed by atoms with Gasteiger partial charge in [0, 0.05) is 24.0 Å². The second-order valence-corrected chi connectivity index (χ2v) is 6.58. The SMILES string of the molecule is CCC1(C)CC1C(=O)NC1CC2CCC(C1)N2.Cl. The molecule has 0 spiro atoms. The zero-order valence-corrected chi connectivity index (χ0v) is 12.2. The Morgan fingerprint density at radius 3 is 2.44 bits per heavy atom. The van der Waals surface area contributed by atoms with Gasteiger partial charge in [-0.05, 0) is 43.9 Å². The van der Waals surface area contributed by atoms with Crippen molar-refractivity contribution >= 4 is 18.3 Å². The molecule has 0 aromatic heterocycles. The first-order chi connectivity index (χ1) is 8.10. The fourth-order valence-electron chi connectivity index (χ4n) is 3.68. The molecule has 1 saturated carbocycles. The standard InChI is InChI=1S/C14H24N2O.ClH/c1-3-14(2)8-12(14)13(17)16-11-6-9-4-5-10(7-11)15-9;/h9-12,15H,3-8H2,1-2H3,(H,16,17);1H. The number of halogens is 1. The quantitative estimate of drug-likeness (QED) is 0.827. The summed E-state index contributed by atoms with van der Waals surface area (Å²) in [5.74, 6) is 0.612. The van der Waals surface area contributed by atoms with Crippen LogP contribution in [0.5, 0.6) is 0 Å². The van der Waals surface area contributed by atoms with Crippen LogP contribution in [-0.4, -0.2) is 24.0 Å². The van der Waals surface area contributed by atoms with Gasteiger partial charge in [0.2, 0.25) is 5.91 Å². The van der Waals surface area contributed by atoms with E-state index in [-0.39, 0.29) is 12.4 Å². The van der Waals surface area contributed by atoms with Gasteiger partial charge in [-0.15, -0.1) is 12.4 Å². The third-order valence-electron chi connectivity index (χ3n) is 5.30. The predicted molar refractivity (Wildman–Crippen MR) is 74.9 cm³/mol. The first kappa shape index (κ1) is 14.1. The number of hydrogen-bond acceptors (Lipinski definition) is 2. The highest BCUT2D eigenvalue weighted by Gasteiger charge is 2.53. The van der Waals surface area contributed by atoms with Gasteiger partial charge >= 0.3 is 0 Å². The molecule has 1 amide bonds. The maximum absolute atomic E-state index is 12.2. The minimum atomic E-state index is 0. The van der Waals surface area contributed by atoms with E-state index in [1.165, 1.54) is 12.8 Å². The summed E-state index contributed by atoms with van der Waals surface area (Å²) in [6.45, 7) is 4.43. The van der Waals surface area contributed by atoms with Crippen molar-refractivity contribution in [2.45, 2.75) is 70.5 Å². The topological polar surface area (TPSA) is 41.1 Å². The molecule has 4 heteroatoms. The number of carbonyl (C=O) groups excluding carboxylic acids is 1. The van der Waals surface area contributed by atoms with Crippen LogP contribution in [0, 0.1) is 11.3 Å². The van der Waals surface area contributed by atoms with Crippen LogP contribution in [0.1, 0.15) is 52.4 Å². The van der Waals surface area contributed by atoms with Crippen molar-refractivity contribution in [1.82, 2.24) is 10.6 Å². The molecule has 3 nitrogen and oxygen atoms in total. The molecule has 2 bridgehead atoms. The Kier molecular flexibility index (Phi) is 3.93. The fourth-order valence-corrected chi connectivity index (χ4v) is 3.68. The number of carbonyl (C=O) groups is 1. The van der Waals surface area contributed by atoms with Crippen LogP contribution < -0.4 is 10.6 Å². The smallest absolute Gasteiger partial charge is 0.223 e. The van der Waals surface area contributed by atoms with Crippen molar-refractivity contribution in [2.24, 2.45) is 11.3 Å². The van der Waals surface area contributed by atoms with Gasteiger partial charge in [-0.25, -0.2) is 0 Å².